The van der Waals surface area contributed by atoms with Crippen molar-refractivity contribution in [1.82, 2.24) is 5.32 Å². The van der Waals surface area contributed by atoms with Gasteiger partial charge >= 0.3 is 5.97 Å². The van der Waals surface area contributed by atoms with Crippen LogP contribution in [0.2, 0.25) is 0 Å². The number of carboxylic acid groups (broad SMARTS) is 1. The summed E-state index contributed by atoms with van der Waals surface area (Å²) >= 11 is 0. The van der Waals surface area contributed by atoms with Crippen molar-refractivity contribution in [2.75, 3.05) is 5.75 Å². The fourth-order valence-electron chi connectivity index (χ4n) is 1.84. The molecule has 0 heterocycles. The van der Waals surface area contributed by atoms with Crippen molar-refractivity contribution in [3.8, 4) is 0 Å². The number of aliphatic carboxylic acids is 1. The van der Waals surface area contributed by atoms with Crippen LogP contribution in [-0.4, -0.2) is 37.2 Å². The SMILES string of the molecule is CCS(=O)(=O)c1cccc(CC(=O)NC(C)CC(=O)O)c1. The fraction of sp³-hybridized carbons (Fsp3) is 0.429. The standard InChI is InChI=1S/C14H19NO5S/c1-3-21(19,20)12-6-4-5-11(8-12)9-13(16)15-10(2)7-14(17)18/h4-6,8,10H,3,7,9H2,1-2H3,(H,15,16)(H,17,18). The van der Waals surface area contributed by atoms with E-state index in [1.807, 2.05) is 0 Å². The molecule has 0 saturated carbocycles. The number of amides is 1. The van der Waals surface area contributed by atoms with E-state index in [-0.39, 0.29) is 29.4 Å². The topological polar surface area (TPSA) is 101 Å². The lowest BCUT2D eigenvalue weighted by Crippen LogP contribution is -2.35. The maximum Gasteiger partial charge on any atom is 0.305 e. The molecule has 2 N–H and O–H groups in total. The summed E-state index contributed by atoms with van der Waals surface area (Å²) < 4.78 is 23.5. The zero-order valence-corrected chi connectivity index (χ0v) is 12.8. The minimum atomic E-state index is -3.30. The van der Waals surface area contributed by atoms with Gasteiger partial charge in [-0.25, -0.2) is 8.42 Å². The molecule has 0 bridgehead atoms. The number of hydrogen-bond acceptors (Lipinski definition) is 4. The number of carbonyl (C=O) groups is 2. The lowest BCUT2D eigenvalue weighted by atomic mass is 10.1. The van der Waals surface area contributed by atoms with Crippen molar-refractivity contribution in [2.24, 2.45) is 0 Å². The Balaban J connectivity index is 2.73. The monoisotopic (exact) mass is 313 g/mol. The van der Waals surface area contributed by atoms with Crippen molar-refractivity contribution in [1.29, 1.82) is 0 Å². The summed E-state index contributed by atoms with van der Waals surface area (Å²) in [7, 11) is -3.30. The first-order chi connectivity index (χ1) is 9.74. The van der Waals surface area contributed by atoms with Crippen molar-refractivity contribution in [3.63, 3.8) is 0 Å². The molecule has 0 aliphatic carbocycles. The zero-order valence-electron chi connectivity index (χ0n) is 12.0. The highest BCUT2D eigenvalue weighted by atomic mass is 32.2. The molecule has 7 heteroatoms. The van der Waals surface area contributed by atoms with Gasteiger partial charge < -0.3 is 10.4 Å². The normalized spacial score (nSPS) is 12.7. The average Bonchev–Trinajstić information content (AvgIpc) is 2.37. The molecule has 0 aliphatic heterocycles. The second-order valence-corrected chi connectivity index (χ2v) is 7.07. The lowest BCUT2D eigenvalue weighted by molar-refractivity contribution is -0.137. The van der Waals surface area contributed by atoms with Gasteiger partial charge in [0.1, 0.15) is 0 Å². The average molecular weight is 313 g/mol. The molecule has 0 radical (unpaired) electrons. The maximum absolute atomic E-state index is 11.8. The van der Waals surface area contributed by atoms with E-state index in [1.165, 1.54) is 12.1 Å². The van der Waals surface area contributed by atoms with E-state index in [0.717, 1.165) is 0 Å². The van der Waals surface area contributed by atoms with E-state index < -0.39 is 21.8 Å². The molecule has 6 nitrogen and oxygen atoms in total. The molecule has 0 spiro atoms. The van der Waals surface area contributed by atoms with Crippen LogP contribution in [-0.2, 0) is 25.8 Å². The smallest absolute Gasteiger partial charge is 0.305 e. The number of nitrogens with one attached hydrogen (secondary N) is 1. The van der Waals surface area contributed by atoms with Crippen molar-refractivity contribution < 1.29 is 23.1 Å². The quantitative estimate of drug-likeness (QED) is 0.782. The largest absolute Gasteiger partial charge is 0.481 e. The van der Waals surface area contributed by atoms with Crippen LogP contribution < -0.4 is 5.32 Å². The Morgan fingerprint density at radius 2 is 2.00 bits per heavy atom. The van der Waals surface area contributed by atoms with Crippen molar-refractivity contribution in [2.45, 2.75) is 37.6 Å². The molecule has 116 valence electrons. The predicted octanol–water partition coefficient (Wildman–Crippen LogP) is 1.00. The Labute approximate surface area is 124 Å². The molecule has 0 aliphatic rings. The number of hydrogen-bond donors (Lipinski definition) is 2. The molecule has 0 aromatic heterocycles. The molecular formula is C14H19NO5S. The third-order valence-corrected chi connectivity index (χ3v) is 4.62. The minimum Gasteiger partial charge on any atom is -0.481 e. The van der Waals surface area contributed by atoms with Gasteiger partial charge in [0.25, 0.3) is 0 Å². The van der Waals surface area contributed by atoms with Crippen LogP contribution in [0, 0.1) is 0 Å². The maximum atomic E-state index is 11.8. The Morgan fingerprint density at radius 3 is 2.57 bits per heavy atom. The van der Waals surface area contributed by atoms with E-state index in [9.17, 15) is 18.0 Å². The molecule has 1 rings (SSSR count). The van der Waals surface area contributed by atoms with Crippen LogP contribution >= 0.6 is 0 Å². The summed E-state index contributed by atoms with van der Waals surface area (Å²) in [5, 5.41) is 11.2. The number of benzene rings is 1. The zero-order chi connectivity index (χ0) is 16.0. The first-order valence-electron chi connectivity index (χ1n) is 6.57. The van der Waals surface area contributed by atoms with E-state index >= 15 is 0 Å². The van der Waals surface area contributed by atoms with E-state index in [2.05, 4.69) is 5.32 Å². The number of rotatable bonds is 7. The summed E-state index contributed by atoms with van der Waals surface area (Å²) in [5.41, 5.74) is 0.574. The highest BCUT2D eigenvalue weighted by molar-refractivity contribution is 7.91. The Kier molecular flexibility index (Phi) is 5.90. The van der Waals surface area contributed by atoms with E-state index in [0.29, 0.717) is 5.56 Å². The summed E-state index contributed by atoms with van der Waals surface area (Å²) in [6.07, 6.45) is -0.146. The van der Waals surface area contributed by atoms with Gasteiger partial charge in [-0.1, -0.05) is 19.1 Å². The highest BCUT2D eigenvalue weighted by Crippen LogP contribution is 2.13. The van der Waals surface area contributed by atoms with Gasteiger partial charge in [0, 0.05) is 6.04 Å². The van der Waals surface area contributed by atoms with Gasteiger partial charge in [-0.3, -0.25) is 9.59 Å². The third-order valence-electron chi connectivity index (χ3n) is 2.89. The second kappa shape index (κ2) is 7.21. The van der Waals surface area contributed by atoms with Crippen molar-refractivity contribution in [3.05, 3.63) is 29.8 Å². The van der Waals surface area contributed by atoms with Gasteiger partial charge in [-0.15, -0.1) is 0 Å². The Morgan fingerprint density at radius 1 is 1.33 bits per heavy atom. The van der Waals surface area contributed by atoms with Crippen molar-refractivity contribution >= 4 is 21.7 Å². The fourth-order valence-corrected chi connectivity index (χ4v) is 2.79. The Bertz CT molecular complexity index is 624. The van der Waals surface area contributed by atoms with Crippen LogP contribution in [0.1, 0.15) is 25.8 Å². The third kappa shape index (κ3) is 5.55. The van der Waals surface area contributed by atoms with Gasteiger partial charge in [-0.05, 0) is 24.6 Å². The number of carbonyl (C=O) groups excluding carboxylic acids is 1. The first kappa shape index (κ1) is 17.2. The van der Waals surface area contributed by atoms with Gasteiger partial charge in [-0.2, -0.15) is 0 Å². The van der Waals surface area contributed by atoms with E-state index in [4.69, 9.17) is 5.11 Å². The summed E-state index contributed by atoms with van der Waals surface area (Å²) in [6.45, 7) is 3.16. The molecule has 21 heavy (non-hydrogen) atoms. The summed E-state index contributed by atoms with van der Waals surface area (Å²) in [4.78, 5) is 22.5. The van der Waals surface area contributed by atoms with Gasteiger partial charge in [0.15, 0.2) is 9.84 Å². The molecule has 1 aromatic rings. The van der Waals surface area contributed by atoms with Crippen LogP contribution in [0.15, 0.2) is 29.2 Å². The van der Waals surface area contributed by atoms with Crippen LogP contribution in [0.5, 0.6) is 0 Å². The molecule has 0 fully saturated rings. The molecule has 1 atom stereocenters. The number of carboxylic acids is 1. The Hall–Kier alpha value is -1.89. The van der Waals surface area contributed by atoms with Gasteiger partial charge in [0.2, 0.25) is 5.91 Å². The number of sulfone groups is 1. The van der Waals surface area contributed by atoms with Crippen LogP contribution in [0.3, 0.4) is 0 Å². The second-order valence-electron chi connectivity index (χ2n) is 4.79. The van der Waals surface area contributed by atoms with Gasteiger partial charge in [0.05, 0.1) is 23.5 Å². The first-order valence-corrected chi connectivity index (χ1v) is 8.22. The van der Waals surface area contributed by atoms with Crippen LogP contribution in [0.25, 0.3) is 0 Å². The molecule has 1 amide bonds. The lowest BCUT2D eigenvalue weighted by Gasteiger charge is -2.12. The predicted molar refractivity (Wildman–Crippen MR) is 77.7 cm³/mol. The molecule has 1 aromatic carbocycles. The minimum absolute atomic E-state index is 0.00169. The van der Waals surface area contributed by atoms with Crippen LogP contribution in [0.4, 0.5) is 0 Å². The summed E-state index contributed by atoms with van der Waals surface area (Å²) in [6, 6.07) is 5.74. The summed E-state index contributed by atoms with van der Waals surface area (Å²) in [5.74, 6) is -1.33. The molecular weight excluding hydrogens is 294 g/mol. The van der Waals surface area contributed by atoms with E-state index in [1.54, 1.807) is 26.0 Å². The molecule has 0 saturated heterocycles. The highest BCUT2D eigenvalue weighted by Gasteiger charge is 2.14. The molecule has 1 unspecified atom stereocenters.